The lowest BCUT2D eigenvalue weighted by Gasteiger charge is -2.13. The summed E-state index contributed by atoms with van der Waals surface area (Å²) < 4.78 is 0. The summed E-state index contributed by atoms with van der Waals surface area (Å²) in [7, 11) is 0. The highest BCUT2D eigenvalue weighted by Crippen LogP contribution is 2.26. The maximum Gasteiger partial charge on any atom is 0.305 e. The van der Waals surface area contributed by atoms with Crippen molar-refractivity contribution in [1.29, 1.82) is 0 Å². The molecule has 0 radical (unpaired) electrons. The molecule has 0 saturated heterocycles. The van der Waals surface area contributed by atoms with Crippen LogP contribution in [0, 0.1) is 13.8 Å². The number of anilines is 2. The van der Waals surface area contributed by atoms with Gasteiger partial charge in [0.2, 0.25) is 0 Å². The van der Waals surface area contributed by atoms with Crippen LogP contribution in [-0.2, 0) is 9.59 Å². The van der Waals surface area contributed by atoms with E-state index in [1.807, 2.05) is 0 Å². The average molecular weight is 599 g/mol. The molecule has 2 heterocycles. The molecule has 5 rings (SSSR count). The second-order valence-electron chi connectivity index (χ2n) is 10.0. The van der Waals surface area contributed by atoms with Crippen LogP contribution in [0.2, 0.25) is 0 Å². The van der Waals surface area contributed by atoms with Gasteiger partial charge in [-0.3, -0.25) is 28.8 Å². The van der Waals surface area contributed by atoms with E-state index in [9.17, 15) is 28.8 Å². The lowest BCUT2D eigenvalue weighted by Crippen LogP contribution is -2.29. The predicted octanol–water partition coefficient (Wildman–Crippen LogP) is 1.10. The largest absolute Gasteiger partial charge is 0.481 e. The molecule has 0 atom stereocenters. The first-order valence-electron chi connectivity index (χ1n) is 13.5. The second kappa shape index (κ2) is 11.8. The third kappa shape index (κ3) is 5.47. The quantitative estimate of drug-likeness (QED) is 0.266. The number of fused-ring (bicyclic) bond motifs is 2. The second-order valence-corrected chi connectivity index (χ2v) is 10.0. The van der Waals surface area contributed by atoms with E-state index in [0.717, 1.165) is 0 Å². The predicted molar refractivity (Wildman–Crippen MR) is 154 cm³/mol. The Morgan fingerprint density at radius 2 is 0.977 bits per heavy atom. The first kappa shape index (κ1) is 29.6. The van der Waals surface area contributed by atoms with E-state index in [1.165, 1.54) is 34.3 Å². The van der Waals surface area contributed by atoms with E-state index in [2.05, 4.69) is 20.8 Å². The van der Waals surface area contributed by atoms with Crippen LogP contribution in [0.1, 0.15) is 65.4 Å². The maximum absolute atomic E-state index is 13.5. The van der Waals surface area contributed by atoms with E-state index in [-0.39, 0.29) is 37.1 Å². The molecule has 4 amide bonds. The van der Waals surface area contributed by atoms with Gasteiger partial charge in [-0.2, -0.15) is 20.2 Å². The summed E-state index contributed by atoms with van der Waals surface area (Å²) in [6.45, 7) is 3.33. The Morgan fingerprint density at radius 1 is 0.636 bits per heavy atom. The fourth-order valence-corrected chi connectivity index (χ4v) is 4.87. The SMILES string of the molecule is Cc1c2c(c(C)c3c1=NN(c1ccc(C(=O)NCCC(=O)O)cc1)C3=O)=NN(c1ccc(C(=O)NCCC(=O)O)cc1)C2=O. The van der Waals surface area contributed by atoms with Crippen LogP contribution >= 0.6 is 0 Å². The number of hydrogen-bond donors (Lipinski definition) is 4. The van der Waals surface area contributed by atoms with E-state index < -0.39 is 35.6 Å². The number of nitrogens with zero attached hydrogens (tertiary/aromatic N) is 4. The van der Waals surface area contributed by atoms with Gasteiger partial charge in [0.25, 0.3) is 23.6 Å². The number of nitrogens with one attached hydrogen (secondary N) is 2. The van der Waals surface area contributed by atoms with Gasteiger partial charge in [0, 0.05) is 24.2 Å². The fourth-order valence-electron chi connectivity index (χ4n) is 4.87. The van der Waals surface area contributed by atoms with E-state index in [1.54, 1.807) is 38.1 Å². The molecule has 0 spiro atoms. The number of hydrogen-bond acceptors (Lipinski definition) is 8. The molecule has 0 saturated carbocycles. The third-order valence-electron chi connectivity index (χ3n) is 7.14. The normalized spacial score (nSPS) is 13.1. The van der Waals surface area contributed by atoms with Crippen molar-refractivity contribution >= 4 is 46.9 Å². The van der Waals surface area contributed by atoms with Gasteiger partial charge in [-0.25, -0.2) is 0 Å². The fraction of sp³-hybridized carbons (Fsp3) is 0.200. The van der Waals surface area contributed by atoms with Gasteiger partial charge in [0.1, 0.15) is 10.7 Å². The smallest absolute Gasteiger partial charge is 0.305 e. The van der Waals surface area contributed by atoms with Crippen molar-refractivity contribution in [3.63, 3.8) is 0 Å². The molecule has 4 N–H and O–H groups in total. The van der Waals surface area contributed by atoms with Gasteiger partial charge in [0.15, 0.2) is 0 Å². The van der Waals surface area contributed by atoms with Gasteiger partial charge in [-0.15, -0.1) is 0 Å². The number of amides is 4. The molecule has 14 heteroatoms. The Kier molecular flexibility index (Phi) is 7.90. The van der Waals surface area contributed by atoms with Crippen molar-refractivity contribution in [2.75, 3.05) is 23.1 Å². The molecule has 14 nitrogen and oxygen atoms in total. The number of rotatable bonds is 10. The van der Waals surface area contributed by atoms with Crippen LogP contribution in [0.4, 0.5) is 11.4 Å². The first-order valence-corrected chi connectivity index (χ1v) is 13.5. The van der Waals surface area contributed by atoms with Crippen molar-refractivity contribution in [2.45, 2.75) is 26.7 Å². The molecular weight excluding hydrogens is 572 g/mol. The third-order valence-corrected chi connectivity index (χ3v) is 7.14. The van der Waals surface area contributed by atoms with E-state index in [0.29, 0.717) is 44.3 Å². The highest BCUT2D eigenvalue weighted by Gasteiger charge is 2.36. The minimum Gasteiger partial charge on any atom is -0.481 e. The molecule has 3 aromatic rings. The zero-order valence-electron chi connectivity index (χ0n) is 23.6. The summed E-state index contributed by atoms with van der Waals surface area (Å²) in [5.74, 6) is -3.82. The summed E-state index contributed by atoms with van der Waals surface area (Å²) in [5, 5.41) is 34.6. The molecule has 3 aromatic carbocycles. The van der Waals surface area contributed by atoms with Crippen LogP contribution in [0.15, 0.2) is 58.7 Å². The van der Waals surface area contributed by atoms with Crippen molar-refractivity contribution in [1.82, 2.24) is 10.6 Å². The van der Waals surface area contributed by atoms with Gasteiger partial charge < -0.3 is 20.8 Å². The molecule has 0 aromatic heterocycles. The summed E-state index contributed by atoms with van der Waals surface area (Å²) in [5.41, 5.74) is 2.88. The molecule has 0 aliphatic carbocycles. The Bertz CT molecular complexity index is 1730. The van der Waals surface area contributed by atoms with Crippen molar-refractivity contribution in [3.05, 3.63) is 92.6 Å². The molecule has 0 bridgehead atoms. The Labute approximate surface area is 249 Å². The Hall–Kier alpha value is -5.92. The van der Waals surface area contributed by atoms with Crippen molar-refractivity contribution in [2.24, 2.45) is 10.2 Å². The molecule has 0 fully saturated rings. The van der Waals surface area contributed by atoms with Crippen LogP contribution in [0.3, 0.4) is 0 Å². The highest BCUT2D eigenvalue weighted by molar-refractivity contribution is 6.12. The van der Waals surface area contributed by atoms with Crippen molar-refractivity contribution in [3.8, 4) is 0 Å². The number of carboxylic acids is 2. The zero-order chi connectivity index (χ0) is 31.7. The molecule has 2 aliphatic rings. The van der Waals surface area contributed by atoms with Gasteiger partial charge in [-0.05, 0) is 73.5 Å². The lowest BCUT2D eigenvalue weighted by atomic mass is 9.97. The summed E-state index contributed by atoms with van der Waals surface area (Å²) in [6.07, 6.45) is -0.415. The molecule has 44 heavy (non-hydrogen) atoms. The maximum atomic E-state index is 13.5. The number of carbonyl (C=O) groups excluding carboxylic acids is 4. The lowest BCUT2D eigenvalue weighted by molar-refractivity contribution is -0.137. The minimum absolute atomic E-state index is 0.0196. The first-order chi connectivity index (χ1) is 21.0. The Balaban J connectivity index is 1.37. The zero-order valence-corrected chi connectivity index (χ0v) is 23.6. The Morgan fingerprint density at radius 3 is 1.30 bits per heavy atom. The van der Waals surface area contributed by atoms with Crippen LogP contribution < -0.4 is 31.4 Å². The highest BCUT2D eigenvalue weighted by atomic mass is 16.4. The monoisotopic (exact) mass is 598 g/mol. The van der Waals surface area contributed by atoms with Crippen molar-refractivity contribution < 1.29 is 39.0 Å². The van der Waals surface area contributed by atoms with Gasteiger partial charge >= 0.3 is 11.9 Å². The van der Waals surface area contributed by atoms with E-state index >= 15 is 0 Å². The molecular formula is C30H26N6O8. The topological polar surface area (TPSA) is 198 Å². The summed E-state index contributed by atoms with van der Waals surface area (Å²) in [6, 6.07) is 12.2. The average Bonchev–Trinajstić information content (AvgIpc) is 3.53. The van der Waals surface area contributed by atoms with Crippen LogP contribution in [0.25, 0.3) is 0 Å². The number of carboxylic acid groups (broad SMARTS) is 2. The summed E-state index contributed by atoms with van der Waals surface area (Å²) in [4.78, 5) is 72.9. The van der Waals surface area contributed by atoms with Gasteiger partial charge in [-0.1, -0.05) is 0 Å². The summed E-state index contributed by atoms with van der Waals surface area (Å²) >= 11 is 0. The molecule has 224 valence electrons. The van der Waals surface area contributed by atoms with Gasteiger partial charge in [0.05, 0.1) is 35.3 Å². The van der Waals surface area contributed by atoms with Crippen LogP contribution in [0.5, 0.6) is 0 Å². The number of benzene rings is 3. The molecule has 2 aliphatic heterocycles. The number of aliphatic carboxylic acids is 2. The van der Waals surface area contributed by atoms with E-state index in [4.69, 9.17) is 10.2 Å². The standard InChI is InChI=1S/C30H26N6O8/c1-15-23-26(34-35(29(23)43)19-7-3-17(4-8-19)27(41)31-13-11-21(37)38)16(2)24-25(15)33-36(30(24)44)20-9-5-18(6-10-20)28(42)32-14-12-22(39)40/h3-10H,11-14H2,1-2H3,(H,31,41)(H,32,42)(H,37,38)(H,39,40). The minimum atomic E-state index is -1.03. The van der Waals surface area contributed by atoms with Crippen LogP contribution in [-0.4, -0.2) is 58.9 Å². The molecule has 0 unspecified atom stereocenters. The number of carbonyl (C=O) groups is 6.